The molecule has 0 unspecified atom stereocenters. The molecule has 0 aromatic carbocycles. The number of hydrogen-bond acceptors (Lipinski definition) is 4. The van der Waals surface area contributed by atoms with Crippen LogP contribution in [-0.4, -0.2) is 45.8 Å². The number of thiophene rings is 1. The van der Waals surface area contributed by atoms with Crippen molar-refractivity contribution in [3.05, 3.63) is 40.8 Å². The number of amides is 1. The van der Waals surface area contributed by atoms with Crippen LogP contribution in [0.4, 0.5) is 0 Å². The van der Waals surface area contributed by atoms with Crippen LogP contribution in [-0.2, 0) is 17.8 Å². The molecule has 0 aliphatic carbocycles. The molecule has 1 aliphatic rings. The summed E-state index contributed by atoms with van der Waals surface area (Å²) in [5.41, 5.74) is 0. The van der Waals surface area contributed by atoms with E-state index in [1.807, 2.05) is 23.9 Å². The largest absolute Gasteiger partial charge is 0.354 e. The van der Waals surface area contributed by atoms with Gasteiger partial charge in [-0.2, -0.15) is 5.10 Å². The van der Waals surface area contributed by atoms with Crippen molar-refractivity contribution in [3.8, 4) is 0 Å². The first-order valence-corrected chi connectivity index (χ1v) is 9.15. The van der Waals surface area contributed by atoms with Crippen LogP contribution in [0.5, 0.6) is 0 Å². The van der Waals surface area contributed by atoms with Crippen LogP contribution in [0.3, 0.4) is 0 Å². The van der Waals surface area contributed by atoms with Gasteiger partial charge in [-0.05, 0) is 50.2 Å². The Balaban J connectivity index is 1.49. The molecule has 3 heterocycles. The summed E-state index contributed by atoms with van der Waals surface area (Å²) in [7, 11) is 0. The van der Waals surface area contributed by atoms with Crippen LogP contribution >= 0.6 is 11.3 Å². The number of carbonyl (C=O) groups is 1. The van der Waals surface area contributed by atoms with Gasteiger partial charge in [-0.1, -0.05) is 6.07 Å². The average Bonchev–Trinajstić information content (AvgIpc) is 3.29. The van der Waals surface area contributed by atoms with Crippen LogP contribution < -0.4 is 5.32 Å². The van der Waals surface area contributed by atoms with Gasteiger partial charge < -0.3 is 5.32 Å². The van der Waals surface area contributed by atoms with Crippen molar-refractivity contribution >= 4 is 17.2 Å². The number of likely N-dealkylation sites (tertiary alicyclic amines) is 1. The molecule has 0 radical (unpaired) electrons. The van der Waals surface area contributed by atoms with E-state index in [1.165, 1.54) is 4.88 Å². The first kappa shape index (κ1) is 16.2. The molecule has 23 heavy (non-hydrogen) atoms. The second-order valence-electron chi connectivity index (χ2n) is 6.06. The van der Waals surface area contributed by atoms with Crippen LogP contribution in [0.25, 0.3) is 0 Å². The van der Waals surface area contributed by atoms with Gasteiger partial charge in [0.05, 0.1) is 12.6 Å². The zero-order valence-corrected chi connectivity index (χ0v) is 14.3. The molecular weight excluding hydrogens is 308 g/mol. The van der Waals surface area contributed by atoms with Gasteiger partial charge in [-0.25, -0.2) is 0 Å². The number of nitrogens with one attached hydrogen (secondary N) is 1. The van der Waals surface area contributed by atoms with Gasteiger partial charge in [0.25, 0.3) is 0 Å². The first-order valence-electron chi connectivity index (χ1n) is 8.27. The Hall–Kier alpha value is -1.66. The van der Waals surface area contributed by atoms with Crippen molar-refractivity contribution in [2.24, 2.45) is 0 Å². The van der Waals surface area contributed by atoms with Crippen molar-refractivity contribution in [2.75, 3.05) is 13.1 Å². The molecule has 0 saturated carbocycles. The van der Waals surface area contributed by atoms with E-state index in [0.717, 1.165) is 32.4 Å². The number of carbonyl (C=O) groups excluding carboxylic acids is 1. The molecule has 0 bridgehead atoms. The smallest absolute Gasteiger partial charge is 0.237 e. The lowest BCUT2D eigenvalue weighted by Crippen LogP contribution is -2.48. The first-order chi connectivity index (χ1) is 11.2. The molecule has 124 valence electrons. The second-order valence-corrected chi connectivity index (χ2v) is 7.09. The second kappa shape index (κ2) is 7.75. The molecule has 3 rings (SSSR count). The highest BCUT2D eigenvalue weighted by atomic mass is 32.1. The quantitative estimate of drug-likeness (QED) is 0.845. The zero-order chi connectivity index (χ0) is 16.1. The van der Waals surface area contributed by atoms with Gasteiger partial charge in [0.1, 0.15) is 0 Å². The minimum Gasteiger partial charge on any atom is -0.354 e. The maximum atomic E-state index is 12.4. The van der Waals surface area contributed by atoms with Crippen molar-refractivity contribution in [1.29, 1.82) is 0 Å². The van der Waals surface area contributed by atoms with Crippen LogP contribution in [0.15, 0.2) is 36.0 Å². The molecule has 1 fully saturated rings. The van der Waals surface area contributed by atoms with Crippen molar-refractivity contribution < 1.29 is 4.79 Å². The van der Waals surface area contributed by atoms with Crippen molar-refractivity contribution in [3.63, 3.8) is 0 Å². The van der Waals surface area contributed by atoms with E-state index in [1.54, 1.807) is 17.5 Å². The summed E-state index contributed by atoms with van der Waals surface area (Å²) >= 11 is 1.74. The maximum absolute atomic E-state index is 12.4. The van der Waals surface area contributed by atoms with Gasteiger partial charge in [0.15, 0.2) is 0 Å². The van der Waals surface area contributed by atoms with E-state index >= 15 is 0 Å². The molecule has 1 amide bonds. The fourth-order valence-electron chi connectivity index (χ4n) is 3.25. The summed E-state index contributed by atoms with van der Waals surface area (Å²) in [4.78, 5) is 16.1. The highest BCUT2D eigenvalue weighted by molar-refractivity contribution is 7.09. The Morgan fingerprint density at radius 3 is 3.17 bits per heavy atom. The van der Waals surface area contributed by atoms with Crippen LogP contribution in [0.1, 0.15) is 24.6 Å². The summed E-state index contributed by atoms with van der Waals surface area (Å²) in [5, 5.41) is 9.44. The lowest BCUT2D eigenvalue weighted by atomic mass is 10.2. The van der Waals surface area contributed by atoms with E-state index in [9.17, 15) is 4.79 Å². The highest BCUT2D eigenvalue weighted by Crippen LogP contribution is 2.21. The van der Waals surface area contributed by atoms with Gasteiger partial charge in [-0.3, -0.25) is 14.4 Å². The monoisotopic (exact) mass is 332 g/mol. The Morgan fingerprint density at radius 2 is 2.43 bits per heavy atom. The molecule has 2 aromatic rings. The Kier molecular flexibility index (Phi) is 5.46. The van der Waals surface area contributed by atoms with E-state index in [2.05, 4.69) is 32.8 Å². The topological polar surface area (TPSA) is 50.2 Å². The molecule has 2 atom stereocenters. The van der Waals surface area contributed by atoms with E-state index < -0.39 is 0 Å². The third-order valence-corrected chi connectivity index (χ3v) is 5.44. The Labute approximate surface area is 141 Å². The third kappa shape index (κ3) is 4.20. The molecule has 1 saturated heterocycles. The van der Waals surface area contributed by atoms with Crippen LogP contribution in [0, 0.1) is 0 Å². The third-order valence-electron chi connectivity index (χ3n) is 4.51. The Bertz CT molecular complexity index is 596. The van der Waals surface area contributed by atoms with E-state index in [-0.39, 0.29) is 11.9 Å². The normalized spacial score (nSPS) is 19.8. The lowest BCUT2D eigenvalue weighted by Gasteiger charge is -2.29. The minimum atomic E-state index is -0.0820. The lowest BCUT2D eigenvalue weighted by molar-refractivity contribution is -0.126. The standard InChI is InChI=1S/C17H24N4OS/c1-14(17(22)18-9-7-16-6-3-12-23-16)21-11-2-5-15(21)13-20-10-4-8-19-20/h3-4,6,8,10,12,14-15H,2,5,7,9,11,13H2,1H3,(H,18,22)/t14-,15-/m1/s1. The van der Waals surface area contributed by atoms with Gasteiger partial charge in [0.2, 0.25) is 5.91 Å². The van der Waals surface area contributed by atoms with E-state index in [0.29, 0.717) is 12.6 Å². The summed E-state index contributed by atoms with van der Waals surface area (Å²) in [6, 6.07) is 6.42. The Morgan fingerprint density at radius 1 is 1.52 bits per heavy atom. The predicted molar refractivity (Wildman–Crippen MR) is 92.4 cm³/mol. The van der Waals surface area contributed by atoms with Gasteiger partial charge in [0, 0.05) is 29.9 Å². The molecule has 1 N–H and O–H groups in total. The summed E-state index contributed by atoms with van der Waals surface area (Å²) in [6.45, 7) is 4.58. The number of aromatic nitrogens is 2. The number of rotatable bonds is 7. The van der Waals surface area contributed by atoms with Gasteiger partial charge in [-0.15, -0.1) is 11.3 Å². The molecule has 0 spiro atoms. The highest BCUT2D eigenvalue weighted by Gasteiger charge is 2.32. The summed E-state index contributed by atoms with van der Waals surface area (Å²) in [5.74, 6) is 0.133. The average molecular weight is 332 g/mol. The van der Waals surface area contributed by atoms with Crippen LogP contribution in [0.2, 0.25) is 0 Å². The summed E-state index contributed by atoms with van der Waals surface area (Å²) in [6.07, 6.45) is 6.99. The molecule has 6 heteroatoms. The molecule has 1 aliphatic heterocycles. The minimum absolute atomic E-state index is 0.0820. The zero-order valence-electron chi connectivity index (χ0n) is 13.5. The van der Waals surface area contributed by atoms with E-state index in [4.69, 9.17) is 0 Å². The predicted octanol–water partition coefficient (Wildman–Crippen LogP) is 2.16. The number of hydrogen-bond donors (Lipinski definition) is 1. The molecule has 2 aromatic heterocycles. The van der Waals surface area contributed by atoms with Crippen molar-refractivity contribution in [1.82, 2.24) is 20.0 Å². The van der Waals surface area contributed by atoms with Gasteiger partial charge >= 0.3 is 0 Å². The number of nitrogens with zero attached hydrogens (tertiary/aromatic N) is 3. The molecular formula is C17H24N4OS. The fourth-order valence-corrected chi connectivity index (χ4v) is 3.96. The maximum Gasteiger partial charge on any atom is 0.237 e. The molecule has 5 nitrogen and oxygen atoms in total. The van der Waals surface area contributed by atoms with Crippen molar-refractivity contribution in [2.45, 2.75) is 44.8 Å². The fraction of sp³-hybridized carbons (Fsp3) is 0.529. The summed E-state index contributed by atoms with van der Waals surface area (Å²) < 4.78 is 1.96. The SMILES string of the molecule is C[C@H](C(=O)NCCc1cccs1)N1CCC[C@@H]1Cn1cccn1.